The van der Waals surface area contributed by atoms with Crippen LogP contribution in [0.25, 0.3) is 10.6 Å². The quantitative estimate of drug-likeness (QED) is 0.651. The van der Waals surface area contributed by atoms with Gasteiger partial charge < -0.3 is 14.4 Å². The normalized spacial score (nSPS) is 15.8. The molecule has 1 aliphatic rings. The monoisotopic (exact) mass is 366 g/mol. The van der Waals surface area contributed by atoms with Crippen LogP contribution < -0.4 is 14.4 Å². The van der Waals surface area contributed by atoms with Gasteiger partial charge in [0.1, 0.15) is 16.5 Å². The number of fused-ring (bicyclic) bond motifs is 1. The molecule has 0 radical (unpaired) electrons. The minimum Gasteiger partial charge on any atom is -0.497 e. The number of methoxy groups -OCH3 is 2. The zero-order valence-corrected chi connectivity index (χ0v) is 16.0. The van der Waals surface area contributed by atoms with E-state index in [1.807, 2.05) is 18.2 Å². The topological polar surface area (TPSA) is 34.6 Å². The number of ether oxygens (including phenoxy) is 2. The molecule has 0 N–H and O–H groups in total. The second kappa shape index (κ2) is 7.00. The van der Waals surface area contributed by atoms with Crippen molar-refractivity contribution in [3.63, 3.8) is 0 Å². The van der Waals surface area contributed by atoms with Crippen LogP contribution in [0.3, 0.4) is 0 Å². The van der Waals surface area contributed by atoms with E-state index in [1.54, 1.807) is 25.6 Å². The Bertz CT molecular complexity index is 922. The first-order chi connectivity index (χ1) is 12.7. The fourth-order valence-electron chi connectivity index (χ4n) is 3.52. The highest BCUT2D eigenvalue weighted by Crippen LogP contribution is 2.37. The Kier molecular flexibility index (Phi) is 4.55. The lowest BCUT2D eigenvalue weighted by Gasteiger charge is -2.23. The molecule has 4 rings (SSSR count). The van der Waals surface area contributed by atoms with Crippen LogP contribution in [0.4, 0.5) is 5.69 Å². The van der Waals surface area contributed by atoms with E-state index in [9.17, 15) is 0 Å². The van der Waals surface area contributed by atoms with Crippen LogP contribution in [-0.2, 0) is 13.0 Å². The van der Waals surface area contributed by atoms with Crippen molar-refractivity contribution in [1.82, 2.24) is 4.98 Å². The van der Waals surface area contributed by atoms with Gasteiger partial charge in [0.15, 0.2) is 0 Å². The first-order valence-corrected chi connectivity index (χ1v) is 9.59. The summed E-state index contributed by atoms with van der Waals surface area (Å²) in [5, 5.41) is 3.12. The zero-order chi connectivity index (χ0) is 18.1. The summed E-state index contributed by atoms with van der Waals surface area (Å²) in [5.41, 5.74) is 4.84. The molecule has 3 aromatic rings. The summed E-state index contributed by atoms with van der Waals surface area (Å²) >= 11 is 1.65. The molecule has 2 aromatic carbocycles. The van der Waals surface area contributed by atoms with Crippen LogP contribution in [0.5, 0.6) is 11.5 Å². The van der Waals surface area contributed by atoms with E-state index in [2.05, 4.69) is 41.5 Å². The van der Waals surface area contributed by atoms with Gasteiger partial charge in [0.05, 0.1) is 32.0 Å². The molecule has 26 heavy (non-hydrogen) atoms. The average Bonchev–Trinajstić information content (AvgIpc) is 3.26. The minimum atomic E-state index is 0.494. The summed E-state index contributed by atoms with van der Waals surface area (Å²) in [7, 11) is 3.33. The first kappa shape index (κ1) is 16.9. The van der Waals surface area contributed by atoms with E-state index in [-0.39, 0.29) is 0 Å². The average molecular weight is 366 g/mol. The Labute approximate surface area is 158 Å². The number of nitrogens with zero attached hydrogens (tertiary/aromatic N) is 2. The van der Waals surface area contributed by atoms with Gasteiger partial charge in [-0.2, -0.15) is 0 Å². The number of thiazole rings is 1. The van der Waals surface area contributed by atoms with Crippen LogP contribution >= 0.6 is 11.3 Å². The second-order valence-electron chi connectivity index (χ2n) is 6.52. The maximum absolute atomic E-state index is 5.52. The maximum atomic E-state index is 5.52. The van der Waals surface area contributed by atoms with Crippen LogP contribution in [0.15, 0.2) is 47.8 Å². The molecule has 0 aliphatic carbocycles. The summed E-state index contributed by atoms with van der Waals surface area (Å²) in [6.07, 6.45) is 1.10. The molecular formula is C21H22N2O2S. The Balaban J connectivity index is 1.60. The molecule has 0 saturated heterocycles. The fourth-order valence-corrected chi connectivity index (χ4v) is 4.36. The molecule has 0 spiro atoms. The third-order valence-electron chi connectivity index (χ3n) is 4.87. The predicted molar refractivity (Wildman–Crippen MR) is 106 cm³/mol. The van der Waals surface area contributed by atoms with Gasteiger partial charge in [0.2, 0.25) is 0 Å². The van der Waals surface area contributed by atoms with Crippen molar-refractivity contribution < 1.29 is 9.47 Å². The molecule has 2 heterocycles. The van der Waals surface area contributed by atoms with Crippen LogP contribution in [0, 0.1) is 0 Å². The van der Waals surface area contributed by atoms with Gasteiger partial charge in [-0.3, -0.25) is 0 Å². The van der Waals surface area contributed by atoms with Crippen molar-refractivity contribution in [2.24, 2.45) is 0 Å². The van der Waals surface area contributed by atoms with E-state index < -0.39 is 0 Å². The van der Waals surface area contributed by atoms with Crippen molar-refractivity contribution in [2.75, 3.05) is 19.1 Å². The summed E-state index contributed by atoms with van der Waals surface area (Å²) < 4.78 is 10.8. The molecular weight excluding hydrogens is 344 g/mol. The Hall–Kier alpha value is -2.53. The highest BCUT2D eigenvalue weighted by Gasteiger charge is 2.26. The van der Waals surface area contributed by atoms with Crippen molar-refractivity contribution in [2.45, 2.75) is 25.9 Å². The van der Waals surface area contributed by atoms with Crippen molar-refractivity contribution in [3.05, 3.63) is 59.1 Å². The standard InChI is InChI=1S/C21H22N2O2S/c1-14-10-15-6-4-5-7-19(15)23(14)12-16-13-26-21(22-16)18-9-8-17(24-2)11-20(18)25-3/h4-9,11,13-14H,10,12H2,1-3H3. The highest BCUT2D eigenvalue weighted by molar-refractivity contribution is 7.13. The second-order valence-corrected chi connectivity index (χ2v) is 7.38. The van der Waals surface area contributed by atoms with Crippen LogP contribution in [0.2, 0.25) is 0 Å². The molecule has 4 nitrogen and oxygen atoms in total. The molecule has 0 bridgehead atoms. The number of para-hydroxylation sites is 1. The summed E-state index contributed by atoms with van der Waals surface area (Å²) in [6, 6.07) is 15.0. The molecule has 0 amide bonds. The van der Waals surface area contributed by atoms with Gasteiger partial charge in [0.25, 0.3) is 0 Å². The molecule has 1 unspecified atom stereocenters. The molecule has 134 valence electrons. The van der Waals surface area contributed by atoms with Gasteiger partial charge in [0, 0.05) is 23.2 Å². The Morgan fingerprint density at radius 1 is 1.15 bits per heavy atom. The van der Waals surface area contributed by atoms with Crippen molar-refractivity contribution in [1.29, 1.82) is 0 Å². The number of aromatic nitrogens is 1. The SMILES string of the molecule is COc1ccc(-c2nc(CN3c4ccccc4CC3C)cs2)c(OC)c1. The van der Waals surface area contributed by atoms with Crippen molar-refractivity contribution >= 4 is 17.0 Å². The largest absolute Gasteiger partial charge is 0.497 e. The number of benzene rings is 2. The predicted octanol–water partition coefficient (Wildman–Crippen LogP) is 4.78. The van der Waals surface area contributed by atoms with Gasteiger partial charge >= 0.3 is 0 Å². The lowest BCUT2D eigenvalue weighted by molar-refractivity contribution is 0.395. The highest BCUT2D eigenvalue weighted by atomic mass is 32.1. The summed E-state index contributed by atoms with van der Waals surface area (Å²) in [5.74, 6) is 1.56. The molecule has 5 heteroatoms. The Morgan fingerprint density at radius 3 is 2.81 bits per heavy atom. The third kappa shape index (κ3) is 3.03. The van der Waals surface area contributed by atoms with Gasteiger partial charge in [-0.25, -0.2) is 4.98 Å². The fraction of sp³-hybridized carbons (Fsp3) is 0.286. The molecule has 1 aliphatic heterocycles. The lowest BCUT2D eigenvalue weighted by atomic mass is 10.1. The lowest BCUT2D eigenvalue weighted by Crippen LogP contribution is -2.28. The zero-order valence-electron chi connectivity index (χ0n) is 15.2. The van der Waals surface area contributed by atoms with Crippen molar-refractivity contribution in [3.8, 4) is 22.1 Å². The molecule has 0 fully saturated rings. The number of rotatable bonds is 5. The minimum absolute atomic E-state index is 0.494. The Morgan fingerprint density at radius 2 is 2.00 bits per heavy atom. The van der Waals surface area contributed by atoms with Gasteiger partial charge in [-0.05, 0) is 37.1 Å². The van der Waals surface area contributed by atoms with Gasteiger partial charge in [-0.1, -0.05) is 18.2 Å². The summed E-state index contributed by atoms with van der Waals surface area (Å²) in [4.78, 5) is 7.32. The molecule has 0 saturated carbocycles. The number of hydrogen-bond acceptors (Lipinski definition) is 5. The van der Waals surface area contributed by atoms with E-state index in [0.717, 1.165) is 40.7 Å². The molecule has 1 aromatic heterocycles. The van der Waals surface area contributed by atoms with E-state index in [4.69, 9.17) is 14.5 Å². The van der Waals surface area contributed by atoms with E-state index in [0.29, 0.717) is 6.04 Å². The molecule has 1 atom stereocenters. The van der Waals surface area contributed by atoms with E-state index in [1.165, 1.54) is 11.3 Å². The van der Waals surface area contributed by atoms with Gasteiger partial charge in [-0.15, -0.1) is 11.3 Å². The number of anilines is 1. The smallest absolute Gasteiger partial charge is 0.132 e. The summed E-state index contributed by atoms with van der Waals surface area (Å²) in [6.45, 7) is 3.10. The van der Waals surface area contributed by atoms with Crippen LogP contribution in [-0.4, -0.2) is 25.2 Å². The van der Waals surface area contributed by atoms with E-state index >= 15 is 0 Å². The maximum Gasteiger partial charge on any atom is 0.132 e. The third-order valence-corrected chi connectivity index (χ3v) is 5.80. The first-order valence-electron chi connectivity index (χ1n) is 8.71. The van der Waals surface area contributed by atoms with Crippen LogP contribution in [0.1, 0.15) is 18.2 Å². The number of hydrogen-bond donors (Lipinski definition) is 0.